The van der Waals surface area contributed by atoms with Gasteiger partial charge in [-0.15, -0.1) is 0 Å². The molecular weight excluding hydrogens is 675 g/mol. The zero-order valence-corrected chi connectivity index (χ0v) is 29.9. The summed E-state index contributed by atoms with van der Waals surface area (Å²) < 4.78 is 41.5. The molecule has 13 heteroatoms. The molecule has 0 spiro atoms. The summed E-state index contributed by atoms with van der Waals surface area (Å²) in [5.74, 6) is 0.538. The second-order valence-electron chi connectivity index (χ2n) is 11.1. The quantitative estimate of drug-likeness (QED) is 0.135. The summed E-state index contributed by atoms with van der Waals surface area (Å²) >= 11 is 1.90. The molecule has 0 bridgehead atoms. The van der Waals surface area contributed by atoms with Crippen LogP contribution in [0.1, 0.15) is 47.6 Å². The Morgan fingerprint density at radius 3 is 2.34 bits per heavy atom. The molecule has 0 saturated carbocycles. The topological polar surface area (TPSA) is 148 Å². The summed E-state index contributed by atoms with van der Waals surface area (Å²) in [5.41, 5.74) is 3.16. The van der Waals surface area contributed by atoms with Crippen LogP contribution in [-0.2, 0) is 32.6 Å². The van der Waals surface area contributed by atoms with Gasteiger partial charge in [0.15, 0.2) is 5.76 Å². The van der Waals surface area contributed by atoms with Gasteiger partial charge in [-0.2, -0.15) is 17.0 Å². The summed E-state index contributed by atoms with van der Waals surface area (Å²) in [6, 6.07) is 26.4. The fraction of sp³-hybridized carbons (Fsp3) is 0.243. The molecule has 50 heavy (non-hydrogen) atoms. The van der Waals surface area contributed by atoms with Gasteiger partial charge in [0.2, 0.25) is 0 Å². The first kappa shape index (κ1) is 37.5. The van der Waals surface area contributed by atoms with Crippen molar-refractivity contribution in [2.75, 3.05) is 23.4 Å². The van der Waals surface area contributed by atoms with Crippen LogP contribution in [0.4, 0.5) is 5.69 Å². The summed E-state index contributed by atoms with van der Waals surface area (Å²) in [6.45, 7) is 4.13. The van der Waals surface area contributed by atoms with Crippen molar-refractivity contribution in [3.63, 3.8) is 0 Å². The van der Waals surface area contributed by atoms with Crippen LogP contribution in [0.2, 0.25) is 0 Å². The van der Waals surface area contributed by atoms with Crippen molar-refractivity contribution in [2.45, 2.75) is 44.3 Å². The molecule has 0 aliphatic rings. The number of hydrogen-bond donors (Lipinski definition) is 1. The van der Waals surface area contributed by atoms with E-state index in [0.717, 1.165) is 5.56 Å². The van der Waals surface area contributed by atoms with Crippen LogP contribution in [0, 0.1) is 11.3 Å². The largest absolute Gasteiger partial charge is 0.467 e. The number of carbonyl (C=O) groups excluding carboxylic acids is 2. The van der Waals surface area contributed by atoms with Crippen LogP contribution in [0.15, 0.2) is 113 Å². The van der Waals surface area contributed by atoms with Crippen molar-refractivity contribution >= 4 is 39.3 Å². The van der Waals surface area contributed by atoms with Gasteiger partial charge in [0.1, 0.15) is 11.8 Å². The van der Waals surface area contributed by atoms with Crippen LogP contribution >= 0.6 is 11.8 Å². The lowest BCUT2D eigenvalue weighted by Gasteiger charge is -2.25. The molecule has 0 fully saturated rings. The number of nitrogens with one attached hydrogen (secondary N) is 1. The SMILES string of the molecule is CCCSC.COC(=O)[C@H](C)NC(=O)c1ccc(-c2ccc(N(Cc3cncn3Cc3ccc(C#N)cc3)S(=O)(=O)c3ccccc3)cc2)o1. The number of imidazole rings is 1. The van der Waals surface area contributed by atoms with Gasteiger partial charge in [-0.1, -0.05) is 37.3 Å². The van der Waals surface area contributed by atoms with Gasteiger partial charge in [0, 0.05) is 18.3 Å². The highest BCUT2D eigenvalue weighted by molar-refractivity contribution is 7.98. The lowest BCUT2D eigenvalue weighted by Crippen LogP contribution is -2.38. The van der Waals surface area contributed by atoms with Crippen LogP contribution in [0.25, 0.3) is 11.3 Å². The average Bonchev–Trinajstić information content (AvgIpc) is 3.82. The zero-order chi connectivity index (χ0) is 36.1. The first-order valence-electron chi connectivity index (χ1n) is 15.7. The number of methoxy groups -OCH3 is 1. The Balaban J connectivity index is 0.00000105. The van der Waals surface area contributed by atoms with E-state index in [0.29, 0.717) is 34.8 Å². The van der Waals surface area contributed by atoms with E-state index in [4.69, 9.17) is 9.68 Å². The van der Waals surface area contributed by atoms with Gasteiger partial charge >= 0.3 is 5.97 Å². The lowest BCUT2D eigenvalue weighted by atomic mass is 10.1. The van der Waals surface area contributed by atoms with Crippen LogP contribution in [0.3, 0.4) is 0 Å². The highest BCUT2D eigenvalue weighted by Gasteiger charge is 2.27. The maximum atomic E-state index is 14.0. The molecular formula is C37H39N5O6S2. The molecule has 1 amide bonds. The number of carbonyl (C=O) groups is 2. The summed E-state index contributed by atoms with van der Waals surface area (Å²) in [6.07, 6.45) is 6.70. The maximum Gasteiger partial charge on any atom is 0.328 e. The molecule has 0 saturated heterocycles. The Hall–Kier alpha value is -5.32. The second kappa shape index (κ2) is 17.9. The fourth-order valence-corrected chi connectivity index (χ4v) is 6.67. The van der Waals surface area contributed by atoms with Crippen molar-refractivity contribution in [1.29, 1.82) is 5.26 Å². The Morgan fingerprint density at radius 1 is 1.04 bits per heavy atom. The molecule has 0 radical (unpaired) electrons. The highest BCUT2D eigenvalue weighted by atomic mass is 32.2. The zero-order valence-electron chi connectivity index (χ0n) is 28.3. The van der Waals surface area contributed by atoms with E-state index in [9.17, 15) is 18.0 Å². The third kappa shape index (κ3) is 9.64. The number of thioether (sulfide) groups is 1. The Labute approximate surface area is 297 Å². The number of esters is 1. The average molecular weight is 714 g/mol. The Bertz CT molecular complexity index is 2000. The van der Waals surface area contributed by atoms with Gasteiger partial charge in [0.05, 0.1) is 47.9 Å². The molecule has 5 rings (SSSR count). The van der Waals surface area contributed by atoms with Gasteiger partial charge in [-0.3, -0.25) is 9.10 Å². The van der Waals surface area contributed by atoms with Crippen molar-refractivity contribution in [2.24, 2.45) is 0 Å². The van der Waals surface area contributed by atoms with Gasteiger partial charge in [-0.25, -0.2) is 18.2 Å². The molecule has 2 aromatic heterocycles. The van der Waals surface area contributed by atoms with E-state index in [-0.39, 0.29) is 17.2 Å². The minimum absolute atomic E-state index is 0.00367. The molecule has 0 aliphatic carbocycles. The number of rotatable bonds is 13. The van der Waals surface area contributed by atoms with E-state index in [1.807, 2.05) is 28.5 Å². The standard InChI is InChI=1S/C33H29N5O6S.C4H10S/c1-23(33(40)43-2)36-32(39)31-17-16-30(44-31)26-12-14-27(15-13-26)38(45(41,42)29-6-4-3-5-7-29)21-28-19-35-22-37(28)20-25-10-8-24(18-34)9-11-25;1-3-4-5-2/h3-17,19,22-23H,20-21H2,1-2H3,(H,36,39);3-4H2,1-2H3/t23-;/m0./s1. The number of hydrogen-bond acceptors (Lipinski definition) is 9. The van der Waals surface area contributed by atoms with Crippen molar-refractivity contribution in [3.8, 4) is 17.4 Å². The summed E-state index contributed by atoms with van der Waals surface area (Å²) in [7, 11) is -2.76. The molecule has 0 unspecified atom stereocenters. The number of nitrogens with zero attached hydrogens (tertiary/aromatic N) is 4. The summed E-state index contributed by atoms with van der Waals surface area (Å²) in [5, 5.41) is 11.6. The molecule has 0 aliphatic heterocycles. The maximum absolute atomic E-state index is 14.0. The lowest BCUT2D eigenvalue weighted by molar-refractivity contribution is -0.142. The van der Waals surface area contributed by atoms with E-state index in [1.54, 1.807) is 85.3 Å². The third-order valence-electron chi connectivity index (χ3n) is 7.45. The van der Waals surface area contributed by atoms with Crippen LogP contribution in [-0.4, -0.2) is 55.0 Å². The van der Waals surface area contributed by atoms with E-state index < -0.39 is 27.9 Å². The van der Waals surface area contributed by atoms with Crippen molar-refractivity contribution in [3.05, 3.63) is 126 Å². The minimum atomic E-state index is -3.99. The highest BCUT2D eigenvalue weighted by Crippen LogP contribution is 2.30. The van der Waals surface area contributed by atoms with E-state index >= 15 is 0 Å². The predicted octanol–water partition coefficient (Wildman–Crippen LogP) is 6.51. The molecule has 2 heterocycles. The van der Waals surface area contributed by atoms with Crippen LogP contribution < -0.4 is 9.62 Å². The number of sulfonamides is 1. The normalized spacial score (nSPS) is 11.4. The molecule has 1 atom stereocenters. The number of furan rings is 1. The number of amides is 1. The first-order valence-corrected chi connectivity index (χ1v) is 18.6. The summed E-state index contributed by atoms with van der Waals surface area (Å²) in [4.78, 5) is 28.6. The van der Waals surface area contributed by atoms with E-state index in [1.165, 1.54) is 36.6 Å². The smallest absolute Gasteiger partial charge is 0.328 e. The fourth-order valence-electron chi connectivity index (χ4n) is 4.80. The van der Waals surface area contributed by atoms with Gasteiger partial charge in [0.25, 0.3) is 15.9 Å². The predicted molar refractivity (Wildman–Crippen MR) is 194 cm³/mol. The third-order valence-corrected chi connectivity index (χ3v) is 10.1. The number of nitriles is 1. The van der Waals surface area contributed by atoms with Gasteiger partial charge in [-0.05, 0) is 91.6 Å². The number of benzene rings is 3. The van der Waals surface area contributed by atoms with Gasteiger partial charge < -0.3 is 19.0 Å². The second-order valence-corrected chi connectivity index (χ2v) is 13.9. The minimum Gasteiger partial charge on any atom is -0.467 e. The molecule has 3 aromatic carbocycles. The van der Waals surface area contributed by atoms with Crippen molar-refractivity contribution < 1.29 is 27.2 Å². The number of anilines is 1. The Morgan fingerprint density at radius 2 is 1.74 bits per heavy atom. The molecule has 11 nitrogen and oxygen atoms in total. The molecule has 1 N–H and O–H groups in total. The number of aromatic nitrogens is 2. The van der Waals surface area contributed by atoms with Crippen LogP contribution in [0.5, 0.6) is 0 Å². The Kier molecular flexibility index (Phi) is 13.4. The monoisotopic (exact) mass is 713 g/mol. The first-order chi connectivity index (χ1) is 24.1. The molecule has 5 aromatic rings. The van der Waals surface area contributed by atoms with Crippen molar-refractivity contribution in [1.82, 2.24) is 14.9 Å². The molecule has 260 valence electrons. The number of ether oxygens (including phenoxy) is 1. The van der Waals surface area contributed by atoms with E-state index in [2.05, 4.69) is 34.3 Å².